The molecule has 15 heteroatoms. The first-order valence-corrected chi connectivity index (χ1v) is 10.5. The highest BCUT2D eigenvalue weighted by Crippen LogP contribution is 2.32. The van der Waals surface area contributed by atoms with Crippen LogP contribution in [-0.4, -0.2) is 56.0 Å². The maximum atomic E-state index is 14.6. The first-order chi connectivity index (χ1) is 17.5. The number of carbonyl (C=O) groups is 3. The fourth-order valence-electron chi connectivity index (χ4n) is 3.69. The molecule has 1 aliphatic heterocycles. The minimum absolute atomic E-state index is 0.149. The summed E-state index contributed by atoms with van der Waals surface area (Å²) < 4.78 is 47.2. The number of carboxylic acids is 1. The lowest BCUT2D eigenvalue weighted by Crippen LogP contribution is -2.55. The molecule has 3 heterocycles. The van der Waals surface area contributed by atoms with Crippen LogP contribution in [0.1, 0.15) is 38.0 Å². The topological polar surface area (TPSA) is 171 Å². The second-order valence-electron chi connectivity index (χ2n) is 7.88. The van der Waals surface area contributed by atoms with E-state index in [1.165, 1.54) is 6.07 Å². The third kappa shape index (κ3) is 5.30. The number of benzene rings is 1. The number of hydrogen-bond acceptors (Lipinski definition) is 8. The van der Waals surface area contributed by atoms with Crippen molar-refractivity contribution in [3.8, 4) is 11.5 Å². The monoisotopic (exact) mass is 516 g/mol. The van der Waals surface area contributed by atoms with Crippen molar-refractivity contribution < 1.29 is 47.4 Å². The molecule has 3 aromatic rings. The standard InChI is InChI=1S/C22H16BF3N4O7/c24-12-2-1-9-5-14(23(36)37-19(9)16(12)22(34)35)29-21(33)18(17-13(25)7-11(31)8-28-17)30-20(32)10-3-4-27-15(26)6-10/h1-4,6-8,14,18,31,36H,5H2,(H,29,33)(H,30,32)(H,34,35)/t14-,18?/m0/s1. The van der Waals surface area contributed by atoms with E-state index in [0.29, 0.717) is 6.07 Å². The minimum atomic E-state index is -1.85. The molecule has 1 aliphatic rings. The summed E-state index contributed by atoms with van der Waals surface area (Å²) in [4.78, 5) is 44.2. The minimum Gasteiger partial charge on any atom is -0.534 e. The number of fused-ring (bicyclic) bond motifs is 1. The van der Waals surface area contributed by atoms with Crippen molar-refractivity contribution in [1.29, 1.82) is 0 Å². The largest absolute Gasteiger partial charge is 0.547 e. The average molecular weight is 516 g/mol. The quantitative estimate of drug-likeness (QED) is 0.236. The van der Waals surface area contributed by atoms with Gasteiger partial charge in [-0.2, -0.15) is 4.39 Å². The molecule has 0 bridgehead atoms. The number of nitrogens with zero attached hydrogens (tertiary/aromatic N) is 2. The van der Waals surface area contributed by atoms with E-state index in [9.17, 15) is 42.8 Å². The molecular weight excluding hydrogens is 500 g/mol. The third-order valence-electron chi connectivity index (χ3n) is 5.41. The molecule has 5 N–H and O–H groups in total. The number of carboxylic acid groups (broad SMARTS) is 1. The molecule has 4 rings (SSSR count). The Bertz CT molecular complexity index is 1410. The van der Waals surface area contributed by atoms with Crippen molar-refractivity contribution in [2.45, 2.75) is 18.4 Å². The number of aromatic hydroxyl groups is 1. The average Bonchev–Trinajstić information content (AvgIpc) is 2.83. The maximum Gasteiger partial charge on any atom is 0.547 e. The number of nitrogens with one attached hydrogen (secondary N) is 2. The van der Waals surface area contributed by atoms with Crippen LogP contribution in [-0.2, 0) is 11.2 Å². The third-order valence-corrected chi connectivity index (χ3v) is 5.41. The highest BCUT2D eigenvalue weighted by atomic mass is 19.1. The van der Waals surface area contributed by atoms with Gasteiger partial charge in [-0.25, -0.2) is 18.6 Å². The number of pyridine rings is 2. The van der Waals surface area contributed by atoms with Crippen LogP contribution in [0, 0.1) is 17.6 Å². The summed E-state index contributed by atoms with van der Waals surface area (Å²) in [6, 6.07) is 2.83. The van der Waals surface area contributed by atoms with Crippen molar-refractivity contribution in [1.82, 2.24) is 20.6 Å². The molecule has 2 atom stereocenters. The molecule has 0 saturated carbocycles. The summed E-state index contributed by atoms with van der Waals surface area (Å²) in [6.45, 7) is 0. The van der Waals surface area contributed by atoms with Crippen LogP contribution in [0.5, 0.6) is 11.5 Å². The number of amides is 2. The van der Waals surface area contributed by atoms with Gasteiger partial charge in [0.05, 0.1) is 12.1 Å². The number of rotatable bonds is 6. The lowest BCUT2D eigenvalue weighted by atomic mass is 9.72. The first-order valence-electron chi connectivity index (χ1n) is 10.5. The van der Waals surface area contributed by atoms with E-state index in [-0.39, 0.29) is 17.5 Å². The van der Waals surface area contributed by atoms with Gasteiger partial charge in [0, 0.05) is 23.9 Å². The maximum absolute atomic E-state index is 14.6. The molecule has 0 radical (unpaired) electrons. The van der Waals surface area contributed by atoms with E-state index in [2.05, 4.69) is 20.6 Å². The fraction of sp³-hybridized carbons (Fsp3) is 0.136. The Morgan fingerprint density at radius 2 is 1.86 bits per heavy atom. The fourth-order valence-corrected chi connectivity index (χ4v) is 3.69. The van der Waals surface area contributed by atoms with Gasteiger partial charge in [-0.1, -0.05) is 6.07 Å². The van der Waals surface area contributed by atoms with E-state index in [0.717, 1.165) is 30.6 Å². The van der Waals surface area contributed by atoms with Gasteiger partial charge in [0.15, 0.2) is 11.9 Å². The second kappa shape index (κ2) is 10.1. The predicted octanol–water partition coefficient (Wildman–Crippen LogP) is 0.908. The van der Waals surface area contributed by atoms with Gasteiger partial charge in [-0.15, -0.1) is 0 Å². The van der Waals surface area contributed by atoms with Gasteiger partial charge >= 0.3 is 13.1 Å². The summed E-state index contributed by atoms with van der Waals surface area (Å²) >= 11 is 0. The molecule has 2 amide bonds. The molecule has 1 aromatic carbocycles. The lowest BCUT2D eigenvalue weighted by molar-refractivity contribution is -0.123. The molecule has 190 valence electrons. The van der Waals surface area contributed by atoms with E-state index in [4.69, 9.17) is 4.65 Å². The summed E-state index contributed by atoms with van der Waals surface area (Å²) in [7, 11) is -1.85. The van der Waals surface area contributed by atoms with Crippen LogP contribution in [0.3, 0.4) is 0 Å². The Kier molecular flexibility index (Phi) is 6.97. The molecule has 11 nitrogen and oxygen atoms in total. The molecule has 0 saturated heterocycles. The van der Waals surface area contributed by atoms with Gasteiger partial charge in [-0.05, 0) is 24.1 Å². The Morgan fingerprint density at radius 1 is 1.11 bits per heavy atom. The highest BCUT2D eigenvalue weighted by molar-refractivity contribution is 6.47. The SMILES string of the molecule is O=C(NC(C(=O)N[C@H]1Cc2ccc(F)c(C(=O)O)c2OB1O)c1ncc(O)cc1F)c1ccnc(F)c1. The Morgan fingerprint density at radius 3 is 2.54 bits per heavy atom. The molecular formula is C22H16BF3N4O7. The molecule has 37 heavy (non-hydrogen) atoms. The van der Waals surface area contributed by atoms with Crippen LogP contribution in [0.15, 0.2) is 42.7 Å². The smallest absolute Gasteiger partial charge is 0.534 e. The molecule has 0 aliphatic carbocycles. The molecule has 2 aromatic heterocycles. The van der Waals surface area contributed by atoms with Crippen molar-refractivity contribution in [3.05, 3.63) is 82.7 Å². The molecule has 0 fully saturated rings. The van der Waals surface area contributed by atoms with E-state index in [1.807, 2.05) is 0 Å². The highest BCUT2D eigenvalue weighted by Gasteiger charge is 2.40. The van der Waals surface area contributed by atoms with Gasteiger partial charge in [-0.3, -0.25) is 14.6 Å². The van der Waals surface area contributed by atoms with Gasteiger partial charge in [0.25, 0.3) is 5.91 Å². The zero-order valence-corrected chi connectivity index (χ0v) is 18.5. The number of aromatic nitrogens is 2. The normalized spacial score (nSPS) is 15.2. The molecule has 1 unspecified atom stereocenters. The number of hydrogen-bond donors (Lipinski definition) is 5. The van der Waals surface area contributed by atoms with Gasteiger partial charge in [0.1, 0.15) is 28.6 Å². The number of aromatic carboxylic acids is 1. The van der Waals surface area contributed by atoms with Gasteiger partial charge < -0.3 is 30.5 Å². The lowest BCUT2D eigenvalue weighted by Gasteiger charge is -2.30. The summed E-state index contributed by atoms with van der Waals surface area (Å²) in [5.74, 6) is -9.17. The summed E-state index contributed by atoms with van der Waals surface area (Å²) in [5, 5.41) is 33.7. The van der Waals surface area contributed by atoms with Crippen molar-refractivity contribution in [3.63, 3.8) is 0 Å². The summed E-state index contributed by atoms with van der Waals surface area (Å²) in [6.07, 6.45) is 1.61. The van der Waals surface area contributed by atoms with Crippen LogP contribution < -0.4 is 15.3 Å². The zero-order chi connectivity index (χ0) is 26.9. The van der Waals surface area contributed by atoms with E-state index < -0.39 is 77.2 Å². The van der Waals surface area contributed by atoms with E-state index in [1.54, 1.807) is 0 Å². The van der Waals surface area contributed by atoms with Crippen LogP contribution >= 0.6 is 0 Å². The summed E-state index contributed by atoms with van der Waals surface area (Å²) in [5.41, 5.74) is -1.51. The van der Waals surface area contributed by atoms with Gasteiger partial charge in [0.2, 0.25) is 11.9 Å². The van der Waals surface area contributed by atoms with Crippen molar-refractivity contribution in [2.75, 3.05) is 0 Å². The number of halogens is 3. The Labute approximate surface area is 206 Å². The second-order valence-corrected chi connectivity index (χ2v) is 7.88. The zero-order valence-electron chi connectivity index (χ0n) is 18.5. The predicted molar refractivity (Wildman–Crippen MR) is 118 cm³/mol. The Balaban J connectivity index is 1.62. The van der Waals surface area contributed by atoms with Crippen molar-refractivity contribution >= 4 is 24.9 Å². The van der Waals surface area contributed by atoms with Crippen molar-refractivity contribution in [2.24, 2.45) is 0 Å². The molecule has 0 spiro atoms. The number of carbonyl (C=O) groups excluding carboxylic acids is 2. The van der Waals surface area contributed by atoms with Crippen LogP contribution in [0.4, 0.5) is 13.2 Å². The Hall–Kier alpha value is -4.66. The van der Waals surface area contributed by atoms with Crippen LogP contribution in [0.2, 0.25) is 0 Å². The van der Waals surface area contributed by atoms with E-state index >= 15 is 0 Å². The first kappa shape index (κ1) is 25.4. The van der Waals surface area contributed by atoms with Crippen LogP contribution in [0.25, 0.3) is 0 Å².